The molecule has 2 heterocycles. The molecule has 0 fully saturated rings. The van der Waals surface area contributed by atoms with E-state index in [0.29, 0.717) is 0 Å². The Kier molecular flexibility index (Phi) is 1.91. The van der Waals surface area contributed by atoms with Crippen LogP contribution in [0.2, 0.25) is 0 Å². The smallest absolute Gasteiger partial charge is 0.139 e. The molecule has 13 heavy (non-hydrogen) atoms. The van der Waals surface area contributed by atoms with E-state index in [1.54, 1.807) is 12.5 Å². The molecule has 66 valence electrons. The summed E-state index contributed by atoms with van der Waals surface area (Å²) in [5.74, 6) is 0. The summed E-state index contributed by atoms with van der Waals surface area (Å²) in [6.07, 6.45) is 8.65. The quantitative estimate of drug-likeness (QED) is 0.624. The van der Waals surface area contributed by atoms with Crippen molar-refractivity contribution < 1.29 is 0 Å². The third-order valence-electron chi connectivity index (χ3n) is 1.59. The van der Waals surface area contributed by atoms with Gasteiger partial charge in [-0.1, -0.05) is 0 Å². The van der Waals surface area contributed by atoms with Gasteiger partial charge in [0.05, 0.1) is 6.21 Å². The molecule has 0 spiro atoms. The minimum atomic E-state index is 1.04. The first-order chi connectivity index (χ1) is 6.34. The van der Waals surface area contributed by atoms with Crippen LogP contribution in [0, 0.1) is 0 Å². The van der Waals surface area contributed by atoms with Crippen molar-refractivity contribution in [3.05, 3.63) is 36.7 Å². The molecule has 2 aromatic heterocycles. The maximum absolute atomic E-state index is 4.05. The van der Waals surface area contributed by atoms with Crippen molar-refractivity contribution >= 4 is 6.21 Å². The van der Waals surface area contributed by atoms with Gasteiger partial charge in [-0.25, -0.2) is 4.98 Å². The molecule has 0 saturated heterocycles. The van der Waals surface area contributed by atoms with Gasteiger partial charge < -0.3 is 4.57 Å². The van der Waals surface area contributed by atoms with Crippen molar-refractivity contribution in [2.24, 2.45) is 12.1 Å². The van der Waals surface area contributed by atoms with E-state index in [4.69, 9.17) is 0 Å². The van der Waals surface area contributed by atoms with Gasteiger partial charge in [0.15, 0.2) is 0 Å². The molecule has 0 aliphatic heterocycles. The van der Waals surface area contributed by atoms with Crippen LogP contribution in [-0.4, -0.2) is 25.7 Å². The first-order valence-corrected chi connectivity index (χ1v) is 3.85. The van der Waals surface area contributed by atoms with Gasteiger partial charge in [0.25, 0.3) is 0 Å². The zero-order valence-electron chi connectivity index (χ0n) is 7.20. The summed E-state index contributed by atoms with van der Waals surface area (Å²) in [5.41, 5.74) is 1.04. The second-order valence-corrected chi connectivity index (χ2v) is 2.67. The Morgan fingerprint density at radius 2 is 2.46 bits per heavy atom. The maximum atomic E-state index is 4.05. The Balaban J connectivity index is 2.14. The largest absolute Gasteiger partial charge is 0.357 e. The second-order valence-electron chi connectivity index (χ2n) is 2.67. The fraction of sp³-hybridized carbons (Fsp3) is 0.125. The lowest BCUT2D eigenvalue weighted by molar-refractivity contribution is 0.743. The third kappa shape index (κ3) is 1.81. The van der Waals surface area contributed by atoms with Gasteiger partial charge in [0.1, 0.15) is 12.7 Å². The molecule has 0 aromatic carbocycles. The van der Waals surface area contributed by atoms with E-state index >= 15 is 0 Å². The van der Waals surface area contributed by atoms with Gasteiger partial charge in [-0.2, -0.15) is 5.10 Å². The maximum Gasteiger partial charge on any atom is 0.139 e. The van der Waals surface area contributed by atoms with Crippen molar-refractivity contribution in [3.63, 3.8) is 0 Å². The summed E-state index contributed by atoms with van der Waals surface area (Å²) in [5, 5.41) is 7.89. The number of hydrogen-bond donors (Lipinski definition) is 0. The number of rotatable bonds is 2. The van der Waals surface area contributed by atoms with Crippen molar-refractivity contribution in [3.8, 4) is 0 Å². The zero-order valence-corrected chi connectivity index (χ0v) is 7.20. The molecular weight excluding hydrogens is 166 g/mol. The van der Waals surface area contributed by atoms with Crippen LogP contribution in [0.1, 0.15) is 5.56 Å². The molecule has 0 N–H and O–H groups in total. The molecule has 0 saturated carbocycles. The summed E-state index contributed by atoms with van der Waals surface area (Å²) in [6, 6.07) is 1.97. The van der Waals surface area contributed by atoms with E-state index in [0.717, 1.165) is 5.56 Å². The van der Waals surface area contributed by atoms with E-state index in [9.17, 15) is 0 Å². The van der Waals surface area contributed by atoms with Gasteiger partial charge in [0.2, 0.25) is 0 Å². The number of hydrogen-bond acceptors (Lipinski definition) is 3. The third-order valence-corrected chi connectivity index (χ3v) is 1.59. The van der Waals surface area contributed by atoms with Crippen LogP contribution < -0.4 is 0 Å². The van der Waals surface area contributed by atoms with Crippen LogP contribution in [0.5, 0.6) is 0 Å². The monoisotopic (exact) mass is 175 g/mol. The lowest BCUT2D eigenvalue weighted by Crippen LogP contribution is -1.89. The number of aryl methyl sites for hydroxylation is 1. The zero-order chi connectivity index (χ0) is 9.10. The molecular formula is C8H9N5. The van der Waals surface area contributed by atoms with Gasteiger partial charge in [0, 0.05) is 25.0 Å². The molecule has 5 heteroatoms. The standard InChI is InChI=1S/C8H9N5/c1-12-3-2-8(5-12)4-10-13-7-9-6-11-13/h2-7H,1H3/b10-4+. The van der Waals surface area contributed by atoms with Gasteiger partial charge >= 0.3 is 0 Å². The summed E-state index contributed by atoms with van der Waals surface area (Å²) in [7, 11) is 1.97. The summed E-state index contributed by atoms with van der Waals surface area (Å²) in [6.45, 7) is 0. The number of nitrogens with zero attached hydrogens (tertiary/aromatic N) is 5. The Morgan fingerprint density at radius 1 is 1.54 bits per heavy atom. The molecule has 2 aromatic rings. The Bertz CT molecular complexity index is 398. The molecule has 0 atom stereocenters. The predicted molar refractivity (Wildman–Crippen MR) is 48.4 cm³/mol. The van der Waals surface area contributed by atoms with Gasteiger partial charge in [-0.3, -0.25) is 0 Å². The summed E-state index contributed by atoms with van der Waals surface area (Å²) < 4.78 is 1.96. The van der Waals surface area contributed by atoms with E-state index in [-0.39, 0.29) is 0 Å². The van der Waals surface area contributed by atoms with Crippen LogP contribution in [0.15, 0.2) is 36.2 Å². The molecule has 0 aliphatic rings. The summed E-state index contributed by atoms with van der Waals surface area (Å²) >= 11 is 0. The van der Waals surface area contributed by atoms with E-state index in [2.05, 4.69) is 15.2 Å². The fourth-order valence-corrected chi connectivity index (χ4v) is 0.989. The second kappa shape index (κ2) is 3.22. The fourth-order valence-electron chi connectivity index (χ4n) is 0.989. The van der Waals surface area contributed by atoms with Crippen molar-refractivity contribution in [2.45, 2.75) is 0 Å². The van der Waals surface area contributed by atoms with Gasteiger partial charge in [-0.15, -0.1) is 9.89 Å². The SMILES string of the molecule is Cn1ccc(/C=N/n2cncn2)c1. The first-order valence-electron chi connectivity index (χ1n) is 3.85. The van der Waals surface area contributed by atoms with Crippen molar-refractivity contribution in [2.75, 3.05) is 0 Å². The Hall–Kier alpha value is -1.91. The number of aromatic nitrogens is 4. The molecule has 0 radical (unpaired) electrons. The first kappa shape index (κ1) is 7.72. The Labute approximate surface area is 75.3 Å². The molecule has 2 rings (SSSR count). The van der Waals surface area contributed by atoms with Crippen LogP contribution in [0.25, 0.3) is 0 Å². The molecule has 0 amide bonds. The topological polar surface area (TPSA) is 48.0 Å². The highest BCUT2D eigenvalue weighted by atomic mass is 15.5. The van der Waals surface area contributed by atoms with E-state index in [1.165, 1.54) is 11.1 Å². The molecule has 0 unspecified atom stereocenters. The van der Waals surface area contributed by atoms with Gasteiger partial charge in [-0.05, 0) is 6.07 Å². The highest BCUT2D eigenvalue weighted by Gasteiger charge is 1.89. The van der Waals surface area contributed by atoms with E-state index < -0.39 is 0 Å². The lowest BCUT2D eigenvalue weighted by atomic mass is 10.4. The highest BCUT2D eigenvalue weighted by Crippen LogP contribution is 1.95. The van der Waals surface area contributed by atoms with Crippen LogP contribution in [0.4, 0.5) is 0 Å². The minimum Gasteiger partial charge on any atom is -0.357 e. The van der Waals surface area contributed by atoms with Crippen LogP contribution in [-0.2, 0) is 7.05 Å². The van der Waals surface area contributed by atoms with Crippen LogP contribution in [0.3, 0.4) is 0 Å². The van der Waals surface area contributed by atoms with Crippen molar-refractivity contribution in [1.82, 2.24) is 19.4 Å². The van der Waals surface area contributed by atoms with Crippen molar-refractivity contribution in [1.29, 1.82) is 0 Å². The minimum absolute atomic E-state index is 1.04. The molecule has 5 nitrogen and oxygen atoms in total. The molecule has 0 aliphatic carbocycles. The predicted octanol–water partition coefficient (Wildman–Crippen LogP) is 0.499. The normalized spacial score (nSPS) is 11.2. The highest BCUT2D eigenvalue weighted by molar-refractivity contribution is 5.78. The van der Waals surface area contributed by atoms with E-state index in [1.807, 2.05) is 30.1 Å². The lowest BCUT2D eigenvalue weighted by Gasteiger charge is -1.86. The van der Waals surface area contributed by atoms with Crippen LogP contribution >= 0.6 is 0 Å². The average molecular weight is 175 g/mol. The Morgan fingerprint density at radius 3 is 3.08 bits per heavy atom. The summed E-state index contributed by atoms with van der Waals surface area (Å²) in [4.78, 5) is 5.18. The average Bonchev–Trinajstić information content (AvgIpc) is 2.71. The molecule has 0 bridgehead atoms.